The fourth-order valence-corrected chi connectivity index (χ4v) is 6.98. The number of thioether (sulfide) groups is 1. The van der Waals surface area contributed by atoms with Gasteiger partial charge in [-0.25, -0.2) is 9.59 Å². The minimum Gasteiger partial charge on any atom is -0.475 e. The fourth-order valence-electron chi connectivity index (χ4n) is 5.54. The molecule has 2 N–H and O–H groups in total. The molecule has 0 spiro atoms. The van der Waals surface area contributed by atoms with Crippen LogP contribution in [0.4, 0.5) is 4.79 Å². The second-order valence-corrected chi connectivity index (χ2v) is 11.8. The molecule has 0 bridgehead atoms. The third kappa shape index (κ3) is 7.11. The number of rotatable bonds is 10. The number of aliphatic carboxylic acids is 1. The van der Waals surface area contributed by atoms with Gasteiger partial charge in [0, 0.05) is 18.7 Å². The first-order valence-corrected chi connectivity index (χ1v) is 15.5. The van der Waals surface area contributed by atoms with E-state index in [1.165, 1.54) is 21.6 Å². The maximum Gasteiger partial charge on any atom is 0.410 e. The summed E-state index contributed by atoms with van der Waals surface area (Å²) in [6.45, 7) is 0.402. The zero-order chi connectivity index (χ0) is 31.1. The zero-order valence-electron chi connectivity index (χ0n) is 23.9. The minimum absolute atomic E-state index is 0.0166. The number of carboxylic acid groups (broad SMARTS) is 1. The number of carboxylic acids is 1. The molecule has 10 nitrogen and oxygen atoms in total. The van der Waals surface area contributed by atoms with Crippen LogP contribution in [0.25, 0.3) is 0 Å². The first-order chi connectivity index (χ1) is 21.3. The summed E-state index contributed by atoms with van der Waals surface area (Å²) < 4.78 is 5.54. The number of benzene rings is 3. The van der Waals surface area contributed by atoms with Gasteiger partial charge in [0.1, 0.15) is 30.1 Å². The van der Waals surface area contributed by atoms with Crippen molar-refractivity contribution < 1.29 is 33.8 Å². The van der Waals surface area contributed by atoms with Crippen LogP contribution in [0.15, 0.2) is 91.0 Å². The summed E-state index contributed by atoms with van der Waals surface area (Å²) in [5, 5.41) is 11.6. The molecule has 11 heteroatoms. The van der Waals surface area contributed by atoms with E-state index in [0.29, 0.717) is 24.9 Å². The van der Waals surface area contributed by atoms with E-state index in [9.17, 15) is 29.1 Å². The van der Waals surface area contributed by atoms with Crippen molar-refractivity contribution in [3.8, 4) is 0 Å². The number of carbonyl (C=O) groups is 5. The third-order valence-corrected chi connectivity index (χ3v) is 9.07. The SMILES string of the molecule is O=C(O)C(=O)[C@H](Cc1ccccc1)NC(=O)[C@@H]1CSC(c2ccccc2)N1C(=O)[C@@H]1CCCN1C(=O)OCc1ccccc1. The van der Waals surface area contributed by atoms with Crippen molar-refractivity contribution in [2.45, 2.75) is 49.4 Å². The summed E-state index contributed by atoms with van der Waals surface area (Å²) >= 11 is 1.40. The molecule has 0 saturated carbocycles. The number of ether oxygens (including phenoxy) is 1. The normalized spacial score (nSPS) is 20.1. The maximum atomic E-state index is 14.3. The lowest BCUT2D eigenvalue weighted by Gasteiger charge is -2.34. The van der Waals surface area contributed by atoms with Gasteiger partial charge in [-0.1, -0.05) is 91.0 Å². The van der Waals surface area contributed by atoms with Crippen molar-refractivity contribution in [2.24, 2.45) is 0 Å². The summed E-state index contributed by atoms with van der Waals surface area (Å²) in [5.41, 5.74) is 2.31. The number of carbonyl (C=O) groups excluding carboxylic acids is 4. The monoisotopic (exact) mass is 615 g/mol. The second kappa shape index (κ2) is 14.2. The molecule has 2 aliphatic rings. The van der Waals surface area contributed by atoms with Gasteiger partial charge < -0.3 is 20.1 Å². The molecule has 3 aromatic carbocycles. The van der Waals surface area contributed by atoms with Crippen molar-refractivity contribution in [2.75, 3.05) is 12.3 Å². The molecule has 0 aromatic heterocycles. The van der Waals surface area contributed by atoms with Crippen LogP contribution in [-0.2, 0) is 36.9 Å². The van der Waals surface area contributed by atoms with Crippen LogP contribution in [0.5, 0.6) is 0 Å². The van der Waals surface area contributed by atoms with E-state index in [-0.39, 0.29) is 18.8 Å². The second-order valence-electron chi connectivity index (χ2n) is 10.7. The van der Waals surface area contributed by atoms with Crippen molar-refractivity contribution in [1.29, 1.82) is 0 Å². The number of likely N-dealkylation sites (tertiary alicyclic amines) is 1. The molecule has 1 unspecified atom stereocenters. The molecule has 5 rings (SSSR count). The van der Waals surface area contributed by atoms with Crippen molar-refractivity contribution in [3.05, 3.63) is 108 Å². The van der Waals surface area contributed by atoms with Gasteiger partial charge in [0.05, 0.1) is 0 Å². The number of nitrogens with one attached hydrogen (secondary N) is 1. The van der Waals surface area contributed by atoms with E-state index in [2.05, 4.69) is 5.32 Å². The standard InChI is InChI=1S/C33H33N3O7S/c37-28(32(40)41)25(19-22-11-4-1-5-12-22)34-29(38)27-21-44-31(24-15-8-3-9-16-24)36(27)30(39)26-17-10-18-35(26)33(42)43-20-23-13-6-2-7-14-23/h1-9,11-16,25-27,31H,10,17-21H2,(H,34,38)(H,40,41)/t25-,26-,27-,31?/m0/s1. The van der Waals surface area contributed by atoms with Crippen LogP contribution in [0.2, 0.25) is 0 Å². The average Bonchev–Trinajstić information content (AvgIpc) is 3.73. The molecule has 4 atom stereocenters. The Bertz CT molecular complexity index is 1490. The number of hydrogen-bond donors (Lipinski definition) is 2. The lowest BCUT2D eigenvalue weighted by Crippen LogP contribution is -2.56. The third-order valence-electron chi connectivity index (χ3n) is 7.75. The van der Waals surface area contributed by atoms with Gasteiger partial charge in [0.2, 0.25) is 11.8 Å². The molecular formula is C33H33N3O7S. The van der Waals surface area contributed by atoms with E-state index in [1.807, 2.05) is 60.7 Å². The van der Waals surface area contributed by atoms with E-state index in [0.717, 1.165) is 11.1 Å². The van der Waals surface area contributed by atoms with Crippen LogP contribution in [0, 0.1) is 0 Å². The van der Waals surface area contributed by atoms with Crippen molar-refractivity contribution in [1.82, 2.24) is 15.1 Å². The van der Waals surface area contributed by atoms with E-state index in [4.69, 9.17) is 4.74 Å². The summed E-state index contributed by atoms with van der Waals surface area (Å²) in [4.78, 5) is 68.4. The van der Waals surface area contributed by atoms with Crippen molar-refractivity contribution in [3.63, 3.8) is 0 Å². The van der Waals surface area contributed by atoms with Crippen LogP contribution in [0.1, 0.15) is 34.9 Å². The summed E-state index contributed by atoms with van der Waals surface area (Å²) in [6, 6.07) is 24.2. The van der Waals surface area contributed by atoms with Crippen LogP contribution < -0.4 is 5.32 Å². The largest absolute Gasteiger partial charge is 0.475 e. The van der Waals surface area contributed by atoms with Gasteiger partial charge in [-0.15, -0.1) is 11.8 Å². The highest BCUT2D eigenvalue weighted by Crippen LogP contribution is 2.42. The number of hydrogen-bond acceptors (Lipinski definition) is 7. The number of ketones is 1. The van der Waals surface area contributed by atoms with E-state index in [1.54, 1.807) is 30.3 Å². The van der Waals surface area contributed by atoms with Gasteiger partial charge in [-0.3, -0.25) is 19.3 Å². The molecule has 0 radical (unpaired) electrons. The molecular weight excluding hydrogens is 582 g/mol. The molecule has 44 heavy (non-hydrogen) atoms. The fraction of sp³-hybridized carbons (Fsp3) is 0.303. The predicted molar refractivity (Wildman–Crippen MR) is 163 cm³/mol. The molecule has 0 aliphatic carbocycles. The number of amides is 3. The summed E-state index contributed by atoms with van der Waals surface area (Å²) in [6.07, 6.45) is 0.377. The molecule has 2 aliphatic heterocycles. The Morgan fingerprint density at radius 2 is 1.48 bits per heavy atom. The lowest BCUT2D eigenvalue weighted by atomic mass is 10.0. The molecule has 3 aromatic rings. The van der Waals surface area contributed by atoms with E-state index < -0.39 is 53.2 Å². The number of Topliss-reactive ketones (excluding diaryl/α,β-unsaturated/α-hetero) is 1. The van der Waals surface area contributed by atoms with E-state index >= 15 is 0 Å². The Balaban J connectivity index is 1.37. The zero-order valence-corrected chi connectivity index (χ0v) is 24.7. The highest BCUT2D eigenvalue weighted by atomic mass is 32.2. The predicted octanol–water partition coefficient (Wildman–Crippen LogP) is 3.81. The van der Waals surface area contributed by atoms with Crippen molar-refractivity contribution >= 4 is 41.4 Å². The Morgan fingerprint density at radius 3 is 2.11 bits per heavy atom. The van der Waals surface area contributed by atoms with Gasteiger partial charge in [-0.05, 0) is 29.5 Å². The van der Waals surface area contributed by atoms with Gasteiger partial charge in [-0.2, -0.15) is 0 Å². The summed E-state index contributed by atoms with van der Waals surface area (Å²) in [7, 11) is 0. The smallest absolute Gasteiger partial charge is 0.410 e. The van der Waals surface area contributed by atoms with Gasteiger partial charge in [0.25, 0.3) is 5.78 Å². The van der Waals surface area contributed by atoms with Crippen LogP contribution in [-0.4, -0.2) is 75.0 Å². The molecule has 3 amide bonds. The summed E-state index contributed by atoms with van der Waals surface area (Å²) in [5.74, 6) is -3.61. The highest BCUT2D eigenvalue weighted by molar-refractivity contribution is 7.99. The molecule has 2 heterocycles. The molecule has 2 fully saturated rings. The highest BCUT2D eigenvalue weighted by Gasteiger charge is 2.48. The Hall–Kier alpha value is -4.64. The quantitative estimate of drug-likeness (QED) is 0.329. The topological polar surface area (TPSA) is 133 Å². The lowest BCUT2D eigenvalue weighted by molar-refractivity contribution is -0.151. The molecule has 228 valence electrons. The average molecular weight is 616 g/mol. The molecule has 2 saturated heterocycles. The van der Waals surface area contributed by atoms with Gasteiger partial charge in [0.15, 0.2) is 0 Å². The maximum absolute atomic E-state index is 14.3. The number of nitrogens with zero attached hydrogens (tertiary/aromatic N) is 2. The first kappa shape index (κ1) is 30.8. The minimum atomic E-state index is -1.65. The first-order valence-electron chi connectivity index (χ1n) is 14.4. The Kier molecular flexibility index (Phi) is 9.96. The Morgan fingerprint density at radius 1 is 0.864 bits per heavy atom. The van der Waals surface area contributed by atoms with Crippen LogP contribution in [0.3, 0.4) is 0 Å². The van der Waals surface area contributed by atoms with Crippen LogP contribution >= 0.6 is 11.8 Å². The Labute approximate surface area is 259 Å². The van der Waals surface area contributed by atoms with Gasteiger partial charge >= 0.3 is 12.1 Å².